The molecule has 0 aliphatic rings. The van der Waals surface area contributed by atoms with E-state index < -0.39 is 17.4 Å². The zero-order chi connectivity index (χ0) is 12.9. The molecule has 0 radical (unpaired) electrons. The van der Waals surface area contributed by atoms with E-state index in [0.717, 1.165) is 4.57 Å². The number of aromatic nitrogens is 4. The van der Waals surface area contributed by atoms with E-state index in [9.17, 15) is 14.7 Å². The Bertz CT molecular complexity index is 705. The van der Waals surface area contributed by atoms with E-state index in [1.807, 2.05) is 0 Å². The average Bonchev–Trinajstić information content (AvgIpc) is 2.62. The van der Waals surface area contributed by atoms with Crippen LogP contribution in [0.3, 0.4) is 0 Å². The quantitative estimate of drug-likeness (QED) is 0.692. The van der Waals surface area contributed by atoms with Crippen LogP contribution < -0.4 is 11.2 Å². The van der Waals surface area contributed by atoms with Crippen LogP contribution >= 0.6 is 0 Å². The molecular weight excluding hydrogens is 224 g/mol. The molecule has 7 heteroatoms. The number of nitrogens with zero attached hydrogens (tertiary/aromatic N) is 4. The van der Waals surface area contributed by atoms with Gasteiger partial charge in [0.05, 0.1) is 0 Å². The fourth-order valence-electron chi connectivity index (χ4n) is 1.91. The second-order valence-electron chi connectivity index (χ2n) is 4.08. The van der Waals surface area contributed by atoms with Crippen molar-refractivity contribution in [1.29, 1.82) is 0 Å². The molecule has 0 saturated heterocycles. The Hall–Kier alpha value is -1.89. The molecule has 0 aliphatic carbocycles. The summed E-state index contributed by atoms with van der Waals surface area (Å²) < 4.78 is 3.83. The molecule has 2 heterocycles. The maximum absolute atomic E-state index is 12.0. The second-order valence-corrected chi connectivity index (χ2v) is 4.08. The summed E-state index contributed by atoms with van der Waals surface area (Å²) in [4.78, 5) is 27.8. The van der Waals surface area contributed by atoms with Crippen LogP contribution in [0.5, 0.6) is 0 Å². The Balaban J connectivity index is 3.08. The molecule has 0 bridgehead atoms. The molecule has 2 aromatic rings. The summed E-state index contributed by atoms with van der Waals surface area (Å²) in [6.07, 6.45) is -0.799. The van der Waals surface area contributed by atoms with Crippen molar-refractivity contribution in [2.75, 3.05) is 0 Å². The summed E-state index contributed by atoms with van der Waals surface area (Å²) in [5.74, 6) is 0.360. The smallest absolute Gasteiger partial charge is 0.332 e. The monoisotopic (exact) mass is 238 g/mol. The van der Waals surface area contributed by atoms with Crippen molar-refractivity contribution in [3.05, 3.63) is 26.7 Å². The van der Waals surface area contributed by atoms with Gasteiger partial charge in [-0.2, -0.15) is 0 Å². The van der Waals surface area contributed by atoms with Crippen molar-refractivity contribution < 1.29 is 5.11 Å². The Morgan fingerprint density at radius 3 is 2.24 bits per heavy atom. The van der Waals surface area contributed by atoms with Crippen molar-refractivity contribution in [1.82, 2.24) is 18.7 Å². The van der Waals surface area contributed by atoms with E-state index in [2.05, 4.69) is 4.98 Å². The molecule has 92 valence electrons. The van der Waals surface area contributed by atoms with Gasteiger partial charge in [-0.15, -0.1) is 0 Å². The predicted octanol–water partition coefficient (Wildman–Crippen LogP) is -0.976. The first-order valence-corrected chi connectivity index (χ1v) is 5.16. The number of hydrogen-bond donors (Lipinski definition) is 1. The fraction of sp³-hybridized carbons (Fsp3) is 0.500. The van der Waals surface area contributed by atoms with Crippen LogP contribution in [0, 0.1) is 0 Å². The molecule has 0 aliphatic heterocycles. The number of imidazole rings is 1. The van der Waals surface area contributed by atoms with Crippen LogP contribution in [-0.2, 0) is 21.1 Å². The standard InChI is InChI=1S/C10H14N4O3/c1-5(15)7-11-8-6(12(7)2)9(16)14(4)10(17)13(8)3/h5,15H,1-4H3/t5-/m0/s1. The minimum absolute atomic E-state index is 0.288. The SMILES string of the molecule is C[C@H](O)c1nc2c(c(=O)n(C)c(=O)n2C)n1C. The summed E-state index contributed by atoms with van der Waals surface area (Å²) in [6.45, 7) is 1.56. The average molecular weight is 238 g/mol. The molecule has 0 saturated carbocycles. The summed E-state index contributed by atoms with van der Waals surface area (Å²) in [6, 6.07) is 0. The topological polar surface area (TPSA) is 82.1 Å². The van der Waals surface area contributed by atoms with Crippen molar-refractivity contribution in [2.24, 2.45) is 21.1 Å². The first kappa shape index (κ1) is 11.6. The highest BCUT2D eigenvalue weighted by Gasteiger charge is 2.18. The number of aliphatic hydroxyl groups is 1. The van der Waals surface area contributed by atoms with Crippen LogP contribution in [0.25, 0.3) is 11.2 Å². The number of aryl methyl sites for hydroxylation is 2. The van der Waals surface area contributed by atoms with Gasteiger partial charge in [0.25, 0.3) is 5.56 Å². The highest BCUT2D eigenvalue weighted by Crippen LogP contribution is 2.14. The third-order valence-electron chi connectivity index (χ3n) is 2.88. The van der Waals surface area contributed by atoms with E-state index >= 15 is 0 Å². The lowest BCUT2D eigenvalue weighted by Crippen LogP contribution is -2.37. The molecule has 1 atom stereocenters. The lowest BCUT2D eigenvalue weighted by atomic mass is 10.4. The van der Waals surface area contributed by atoms with Crippen molar-refractivity contribution in [3.63, 3.8) is 0 Å². The van der Waals surface area contributed by atoms with Gasteiger partial charge >= 0.3 is 5.69 Å². The van der Waals surface area contributed by atoms with Gasteiger partial charge in [0.1, 0.15) is 11.9 Å². The maximum Gasteiger partial charge on any atom is 0.332 e. The number of aliphatic hydroxyl groups excluding tert-OH is 1. The lowest BCUT2D eigenvalue weighted by Gasteiger charge is -2.04. The largest absolute Gasteiger partial charge is 0.385 e. The molecule has 0 aromatic carbocycles. The van der Waals surface area contributed by atoms with E-state index in [1.54, 1.807) is 21.0 Å². The number of hydrogen-bond acceptors (Lipinski definition) is 4. The molecule has 2 rings (SSSR count). The lowest BCUT2D eigenvalue weighted by molar-refractivity contribution is 0.186. The normalized spacial score (nSPS) is 13.2. The maximum atomic E-state index is 12.0. The molecular formula is C10H14N4O3. The van der Waals surface area contributed by atoms with Crippen LogP contribution in [-0.4, -0.2) is 23.8 Å². The van der Waals surface area contributed by atoms with E-state index in [-0.39, 0.29) is 5.65 Å². The predicted molar refractivity (Wildman–Crippen MR) is 61.8 cm³/mol. The van der Waals surface area contributed by atoms with E-state index in [0.29, 0.717) is 11.3 Å². The van der Waals surface area contributed by atoms with Gasteiger partial charge in [0.15, 0.2) is 11.2 Å². The second kappa shape index (κ2) is 3.56. The van der Waals surface area contributed by atoms with Crippen molar-refractivity contribution in [2.45, 2.75) is 13.0 Å². The van der Waals surface area contributed by atoms with E-state index in [4.69, 9.17) is 0 Å². The third kappa shape index (κ3) is 1.42. The summed E-state index contributed by atoms with van der Waals surface area (Å²) in [5.41, 5.74) is -0.246. The zero-order valence-corrected chi connectivity index (χ0v) is 10.1. The Labute approximate surface area is 96.6 Å². The first-order chi connectivity index (χ1) is 7.86. The van der Waals surface area contributed by atoms with Crippen LogP contribution in [0.1, 0.15) is 18.9 Å². The molecule has 0 spiro atoms. The third-order valence-corrected chi connectivity index (χ3v) is 2.88. The van der Waals surface area contributed by atoms with Crippen LogP contribution in [0.2, 0.25) is 0 Å². The van der Waals surface area contributed by atoms with Crippen LogP contribution in [0.15, 0.2) is 9.59 Å². The molecule has 7 nitrogen and oxygen atoms in total. The van der Waals surface area contributed by atoms with Gasteiger partial charge in [-0.3, -0.25) is 13.9 Å². The van der Waals surface area contributed by atoms with Gasteiger partial charge in [-0.05, 0) is 6.92 Å². The van der Waals surface area contributed by atoms with E-state index in [1.165, 1.54) is 16.2 Å². The van der Waals surface area contributed by atoms with Gasteiger partial charge in [-0.1, -0.05) is 0 Å². The Morgan fingerprint density at radius 2 is 1.71 bits per heavy atom. The Kier molecular flexibility index (Phi) is 2.43. The molecule has 0 fully saturated rings. The molecule has 0 unspecified atom stereocenters. The molecule has 1 N–H and O–H groups in total. The Morgan fingerprint density at radius 1 is 1.12 bits per heavy atom. The summed E-state index contributed by atoms with van der Waals surface area (Å²) in [7, 11) is 4.60. The van der Waals surface area contributed by atoms with Gasteiger partial charge in [0, 0.05) is 21.1 Å². The fourth-order valence-corrected chi connectivity index (χ4v) is 1.91. The summed E-state index contributed by atoms with van der Waals surface area (Å²) >= 11 is 0. The van der Waals surface area contributed by atoms with Crippen molar-refractivity contribution in [3.8, 4) is 0 Å². The van der Waals surface area contributed by atoms with Crippen LogP contribution in [0.4, 0.5) is 0 Å². The molecule has 17 heavy (non-hydrogen) atoms. The number of fused-ring (bicyclic) bond motifs is 1. The van der Waals surface area contributed by atoms with Gasteiger partial charge in [-0.25, -0.2) is 9.78 Å². The van der Waals surface area contributed by atoms with Crippen molar-refractivity contribution >= 4 is 11.2 Å². The number of rotatable bonds is 1. The van der Waals surface area contributed by atoms with Gasteiger partial charge < -0.3 is 9.67 Å². The van der Waals surface area contributed by atoms with Gasteiger partial charge in [0.2, 0.25) is 0 Å². The zero-order valence-electron chi connectivity index (χ0n) is 10.1. The molecule has 0 amide bonds. The molecule has 2 aromatic heterocycles. The highest BCUT2D eigenvalue weighted by atomic mass is 16.3. The highest BCUT2D eigenvalue weighted by molar-refractivity contribution is 5.70. The summed E-state index contributed by atoms with van der Waals surface area (Å²) in [5, 5.41) is 9.55. The minimum atomic E-state index is -0.799. The first-order valence-electron chi connectivity index (χ1n) is 5.16. The minimum Gasteiger partial charge on any atom is -0.385 e.